The molecule has 0 saturated heterocycles. The van der Waals surface area contributed by atoms with Crippen LogP contribution in [0.15, 0.2) is 83.8 Å². The number of rotatable bonds is 11. The summed E-state index contributed by atoms with van der Waals surface area (Å²) in [6, 6.07) is 19.5. The van der Waals surface area contributed by atoms with Gasteiger partial charge in [-0.15, -0.1) is 0 Å². The predicted octanol–water partition coefficient (Wildman–Crippen LogP) is 4.66. The van der Waals surface area contributed by atoms with Crippen molar-refractivity contribution in [3.63, 3.8) is 0 Å². The van der Waals surface area contributed by atoms with Crippen molar-refractivity contribution in [2.24, 2.45) is 0 Å². The summed E-state index contributed by atoms with van der Waals surface area (Å²) in [5.74, 6) is -1.67. The fourth-order valence-corrected chi connectivity index (χ4v) is 5.47. The summed E-state index contributed by atoms with van der Waals surface area (Å²) in [7, 11) is -4.24. The summed E-state index contributed by atoms with van der Waals surface area (Å²) >= 11 is 5.97. The summed E-state index contributed by atoms with van der Waals surface area (Å²) in [5.41, 5.74) is 0.983. The molecule has 202 valence electrons. The van der Waals surface area contributed by atoms with E-state index < -0.39 is 34.3 Å². The third-order valence-corrected chi connectivity index (χ3v) is 7.96. The highest BCUT2D eigenvalue weighted by Crippen LogP contribution is 2.28. The average Bonchev–Trinajstić information content (AvgIpc) is 2.89. The van der Waals surface area contributed by atoms with Crippen LogP contribution in [0.3, 0.4) is 0 Å². The standard InChI is InChI=1S/C28H31ClFN3O4S/c1-20(2)31-28(35)21(3)32(17-16-22-10-6-4-7-11-22)27(34)19-33(23-14-15-26(30)25(29)18-23)38(36,37)24-12-8-5-9-13-24/h4-15,18,20-21H,16-17,19H2,1-3H3,(H,31,35). The molecule has 0 bridgehead atoms. The van der Waals surface area contributed by atoms with Crippen LogP contribution in [0.4, 0.5) is 10.1 Å². The van der Waals surface area contributed by atoms with Gasteiger partial charge in [-0.1, -0.05) is 60.1 Å². The van der Waals surface area contributed by atoms with Crippen molar-refractivity contribution in [2.45, 2.75) is 44.2 Å². The summed E-state index contributed by atoms with van der Waals surface area (Å²) in [6.07, 6.45) is 0.458. The second kappa shape index (κ2) is 12.9. The van der Waals surface area contributed by atoms with Crippen LogP contribution in [0.5, 0.6) is 0 Å². The maximum atomic E-state index is 13.9. The normalized spacial score (nSPS) is 12.2. The molecule has 3 aromatic carbocycles. The lowest BCUT2D eigenvalue weighted by Gasteiger charge is -2.32. The van der Waals surface area contributed by atoms with Crippen molar-refractivity contribution in [1.82, 2.24) is 10.2 Å². The zero-order chi connectivity index (χ0) is 27.9. The zero-order valence-electron chi connectivity index (χ0n) is 21.5. The summed E-state index contributed by atoms with van der Waals surface area (Å²) in [4.78, 5) is 27.9. The molecule has 0 heterocycles. The summed E-state index contributed by atoms with van der Waals surface area (Å²) < 4.78 is 42.1. The van der Waals surface area contributed by atoms with Crippen molar-refractivity contribution < 1.29 is 22.4 Å². The van der Waals surface area contributed by atoms with Crippen molar-refractivity contribution in [3.8, 4) is 0 Å². The van der Waals surface area contributed by atoms with Crippen LogP contribution in [0.25, 0.3) is 0 Å². The van der Waals surface area contributed by atoms with Crippen LogP contribution in [0.2, 0.25) is 5.02 Å². The molecule has 3 rings (SSSR count). The van der Waals surface area contributed by atoms with Gasteiger partial charge in [-0.2, -0.15) is 0 Å². The third-order valence-electron chi connectivity index (χ3n) is 5.88. The molecule has 0 aliphatic heterocycles. The Labute approximate surface area is 228 Å². The van der Waals surface area contributed by atoms with Gasteiger partial charge >= 0.3 is 0 Å². The van der Waals surface area contributed by atoms with Crippen LogP contribution >= 0.6 is 11.6 Å². The highest BCUT2D eigenvalue weighted by Gasteiger charge is 2.32. The monoisotopic (exact) mass is 559 g/mol. The smallest absolute Gasteiger partial charge is 0.264 e. The fraction of sp³-hybridized carbons (Fsp3) is 0.286. The third kappa shape index (κ3) is 7.33. The minimum atomic E-state index is -4.24. The molecule has 0 saturated carbocycles. The van der Waals surface area contributed by atoms with E-state index in [0.29, 0.717) is 6.42 Å². The molecule has 0 radical (unpaired) electrons. The Kier molecular flexibility index (Phi) is 9.88. The van der Waals surface area contributed by atoms with Gasteiger partial charge in [0.1, 0.15) is 18.4 Å². The largest absolute Gasteiger partial charge is 0.352 e. The number of hydrogen-bond donors (Lipinski definition) is 1. The van der Waals surface area contributed by atoms with Gasteiger partial charge in [0.15, 0.2) is 0 Å². The molecule has 2 amide bonds. The van der Waals surface area contributed by atoms with E-state index in [1.165, 1.54) is 23.1 Å². The van der Waals surface area contributed by atoms with Crippen molar-refractivity contribution in [1.29, 1.82) is 0 Å². The topological polar surface area (TPSA) is 86.8 Å². The van der Waals surface area contributed by atoms with Gasteiger partial charge in [-0.3, -0.25) is 13.9 Å². The highest BCUT2D eigenvalue weighted by atomic mass is 35.5. The molecule has 0 spiro atoms. The van der Waals surface area contributed by atoms with Crippen molar-refractivity contribution in [2.75, 3.05) is 17.4 Å². The number of amides is 2. The number of halogens is 2. The Morgan fingerprint density at radius 3 is 2.13 bits per heavy atom. The van der Waals surface area contributed by atoms with Gasteiger partial charge in [-0.25, -0.2) is 12.8 Å². The number of hydrogen-bond acceptors (Lipinski definition) is 4. The van der Waals surface area contributed by atoms with Crippen molar-refractivity contribution in [3.05, 3.63) is 95.3 Å². The van der Waals surface area contributed by atoms with E-state index in [2.05, 4.69) is 5.32 Å². The predicted molar refractivity (Wildman–Crippen MR) is 147 cm³/mol. The van der Waals surface area contributed by atoms with E-state index in [1.807, 2.05) is 44.2 Å². The molecule has 0 aliphatic rings. The Morgan fingerprint density at radius 2 is 1.55 bits per heavy atom. The van der Waals surface area contributed by atoms with Gasteiger partial charge in [-0.05, 0) is 63.1 Å². The Hall–Kier alpha value is -3.43. The van der Waals surface area contributed by atoms with E-state index in [-0.39, 0.29) is 34.1 Å². The molecule has 3 aromatic rings. The van der Waals surface area contributed by atoms with Crippen LogP contribution < -0.4 is 9.62 Å². The van der Waals surface area contributed by atoms with Crippen LogP contribution in [-0.4, -0.2) is 50.3 Å². The van der Waals surface area contributed by atoms with Crippen LogP contribution in [0.1, 0.15) is 26.3 Å². The lowest BCUT2D eigenvalue weighted by molar-refractivity contribution is -0.139. The van der Waals surface area contributed by atoms with Crippen molar-refractivity contribution >= 4 is 39.1 Å². The van der Waals surface area contributed by atoms with E-state index in [0.717, 1.165) is 22.0 Å². The second-order valence-electron chi connectivity index (χ2n) is 9.09. The highest BCUT2D eigenvalue weighted by molar-refractivity contribution is 7.92. The average molecular weight is 560 g/mol. The zero-order valence-corrected chi connectivity index (χ0v) is 23.0. The Balaban J connectivity index is 1.99. The molecule has 10 heteroatoms. The van der Waals surface area contributed by atoms with E-state index in [4.69, 9.17) is 11.6 Å². The molecule has 38 heavy (non-hydrogen) atoms. The molecule has 0 aliphatic carbocycles. The maximum Gasteiger partial charge on any atom is 0.264 e. The number of nitrogens with zero attached hydrogens (tertiary/aromatic N) is 2. The van der Waals surface area contributed by atoms with E-state index in [9.17, 15) is 22.4 Å². The first-order valence-corrected chi connectivity index (χ1v) is 14.0. The minimum Gasteiger partial charge on any atom is -0.352 e. The Morgan fingerprint density at radius 1 is 0.947 bits per heavy atom. The van der Waals surface area contributed by atoms with Crippen LogP contribution in [0, 0.1) is 5.82 Å². The fourth-order valence-electron chi connectivity index (χ4n) is 3.86. The first-order chi connectivity index (χ1) is 18.0. The van der Waals surface area contributed by atoms with E-state index in [1.54, 1.807) is 25.1 Å². The lowest BCUT2D eigenvalue weighted by Crippen LogP contribution is -2.53. The lowest BCUT2D eigenvalue weighted by atomic mass is 10.1. The van der Waals surface area contributed by atoms with Gasteiger partial charge < -0.3 is 10.2 Å². The molecule has 0 fully saturated rings. The molecule has 0 aromatic heterocycles. The van der Waals surface area contributed by atoms with Gasteiger partial charge in [0.05, 0.1) is 15.6 Å². The molecular formula is C28H31ClFN3O4S. The number of sulfonamides is 1. The van der Waals surface area contributed by atoms with E-state index >= 15 is 0 Å². The first kappa shape index (κ1) is 29.1. The SMILES string of the molecule is CC(C)NC(=O)C(C)N(CCc1ccccc1)C(=O)CN(c1ccc(F)c(Cl)c1)S(=O)(=O)c1ccccc1. The van der Waals surface area contributed by atoms with Gasteiger partial charge in [0.25, 0.3) is 10.0 Å². The van der Waals surface area contributed by atoms with Gasteiger partial charge in [0, 0.05) is 12.6 Å². The number of carbonyl (C=O) groups excluding carboxylic acids is 2. The van der Waals surface area contributed by atoms with Gasteiger partial charge in [0.2, 0.25) is 11.8 Å². The van der Waals surface area contributed by atoms with Crippen LogP contribution in [-0.2, 0) is 26.0 Å². The minimum absolute atomic E-state index is 0.0240. The first-order valence-electron chi connectivity index (χ1n) is 12.2. The molecule has 1 N–H and O–H groups in total. The summed E-state index contributed by atoms with van der Waals surface area (Å²) in [6.45, 7) is 4.79. The molecule has 1 unspecified atom stereocenters. The summed E-state index contributed by atoms with van der Waals surface area (Å²) in [5, 5.41) is 2.52. The maximum absolute atomic E-state index is 13.9. The Bertz CT molecular complexity index is 1360. The molecular weight excluding hydrogens is 529 g/mol. The molecule has 1 atom stereocenters. The molecule has 7 nitrogen and oxygen atoms in total. The number of carbonyl (C=O) groups is 2. The quantitative estimate of drug-likeness (QED) is 0.370. The number of benzene rings is 3. The second-order valence-corrected chi connectivity index (χ2v) is 11.4. The number of anilines is 1. The number of nitrogens with one attached hydrogen (secondary N) is 1.